The molecule has 80 valence electrons. The summed E-state index contributed by atoms with van der Waals surface area (Å²) in [6.45, 7) is 1.68. The van der Waals surface area contributed by atoms with E-state index in [1.165, 1.54) is 0 Å². The van der Waals surface area contributed by atoms with Crippen LogP contribution in [0, 0.1) is 5.82 Å². The molecule has 0 aliphatic carbocycles. The molecule has 1 aliphatic rings. The summed E-state index contributed by atoms with van der Waals surface area (Å²) >= 11 is 9.04. The molecule has 0 saturated heterocycles. The van der Waals surface area contributed by atoms with Gasteiger partial charge < -0.3 is 5.32 Å². The van der Waals surface area contributed by atoms with Crippen LogP contribution in [-0.2, 0) is 0 Å². The highest BCUT2D eigenvalue weighted by atomic mass is 79.9. The molecule has 1 heterocycles. The molecule has 0 radical (unpaired) electrons. The number of nitrogens with one attached hydrogen (secondary N) is 1. The Bertz CT molecular complexity index is 417. The van der Waals surface area contributed by atoms with Gasteiger partial charge in [0.2, 0.25) is 0 Å². The van der Waals surface area contributed by atoms with Crippen molar-refractivity contribution in [3.05, 3.63) is 39.1 Å². The standard InChI is InChI=1S/C11H10BrClFN/c12-9-2-1-8(11(14)10(9)13)7-3-5-15-6-4-7/h1-3,15H,4-6H2. The van der Waals surface area contributed by atoms with E-state index in [9.17, 15) is 4.39 Å². The Morgan fingerprint density at radius 3 is 2.87 bits per heavy atom. The molecule has 1 nitrogen and oxygen atoms in total. The van der Waals surface area contributed by atoms with Crippen LogP contribution in [0.4, 0.5) is 4.39 Å². The number of rotatable bonds is 1. The molecule has 0 atom stereocenters. The first-order valence-electron chi connectivity index (χ1n) is 4.74. The minimum absolute atomic E-state index is 0.159. The maximum atomic E-state index is 13.8. The van der Waals surface area contributed by atoms with Gasteiger partial charge in [-0.1, -0.05) is 23.7 Å². The second kappa shape index (κ2) is 4.64. The Labute approximate surface area is 101 Å². The first-order valence-corrected chi connectivity index (χ1v) is 5.91. The van der Waals surface area contributed by atoms with E-state index >= 15 is 0 Å². The van der Waals surface area contributed by atoms with Gasteiger partial charge in [0.15, 0.2) is 0 Å². The van der Waals surface area contributed by atoms with Crippen LogP contribution in [0.3, 0.4) is 0 Å². The third-order valence-corrected chi connectivity index (χ3v) is 3.70. The fraction of sp³-hybridized carbons (Fsp3) is 0.273. The van der Waals surface area contributed by atoms with E-state index in [-0.39, 0.29) is 10.8 Å². The van der Waals surface area contributed by atoms with Crippen LogP contribution in [0.15, 0.2) is 22.7 Å². The molecule has 1 aromatic rings. The van der Waals surface area contributed by atoms with Crippen molar-refractivity contribution < 1.29 is 4.39 Å². The van der Waals surface area contributed by atoms with E-state index in [1.807, 2.05) is 6.08 Å². The highest BCUT2D eigenvalue weighted by Crippen LogP contribution is 2.32. The SMILES string of the molecule is Fc1c(C2=CCNCC2)ccc(Br)c1Cl. The molecular weight excluding hydrogens is 280 g/mol. The van der Waals surface area contributed by atoms with E-state index in [0.29, 0.717) is 10.0 Å². The van der Waals surface area contributed by atoms with Gasteiger partial charge in [0.1, 0.15) is 5.82 Å². The molecule has 1 aliphatic heterocycles. The second-order valence-corrected chi connectivity index (χ2v) is 4.64. The van der Waals surface area contributed by atoms with Crippen LogP contribution in [0.1, 0.15) is 12.0 Å². The van der Waals surface area contributed by atoms with Crippen molar-refractivity contribution in [2.75, 3.05) is 13.1 Å². The molecule has 1 aromatic carbocycles. The summed E-state index contributed by atoms with van der Waals surface area (Å²) in [5.41, 5.74) is 1.64. The predicted octanol–water partition coefficient (Wildman–Crippen LogP) is 3.62. The minimum Gasteiger partial charge on any atom is -0.313 e. The van der Waals surface area contributed by atoms with Gasteiger partial charge in [0, 0.05) is 16.6 Å². The van der Waals surface area contributed by atoms with Crippen molar-refractivity contribution in [1.82, 2.24) is 5.32 Å². The third kappa shape index (κ3) is 2.25. The Morgan fingerprint density at radius 1 is 1.40 bits per heavy atom. The summed E-state index contributed by atoms with van der Waals surface area (Å²) in [4.78, 5) is 0. The maximum absolute atomic E-state index is 13.8. The van der Waals surface area contributed by atoms with Crippen molar-refractivity contribution in [3.8, 4) is 0 Å². The molecule has 0 bridgehead atoms. The van der Waals surface area contributed by atoms with Crippen LogP contribution < -0.4 is 5.32 Å². The normalized spacial score (nSPS) is 16.3. The number of hydrogen-bond donors (Lipinski definition) is 1. The van der Waals surface area contributed by atoms with Gasteiger partial charge in [-0.25, -0.2) is 4.39 Å². The molecule has 4 heteroatoms. The third-order valence-electron chi connectivity index (χ3n) is 2.45. The largest absolute Gasteiger partial charge is 0.313 e. The first-order chi connectivity index (χ1) is 7.20. The highest BCUT2D eigenvalue weighted by Gasteiger charge is 2.14. The van der Waals surface area contributed by atoms with Gasteiger partial charge in [-0.3, -0.25) is 0 Å². The molecule has 0 fully saturated rings. The fourth-order valence-corrected chi connectivity index (χ4v) is 2.11. The monoisotopic (exact) mass is 289 g/mol. The van der Waals surface area contributed by atoms with Crippen LogP contribution in [0.5, 0.6) is 0 Å². The zero-order valence-electron chi connectivity index (χ0n) is 7.99. The summed E-state index contributed by atoms with van der Waals surface area (Å²) in [5.74, 6) is -0.334. The summed E-state index contributed by atoms with van der Waals surface area (Å²) in [7, 11) is 0. The average Bonchev–Trinajstić information content (AvgIpc) is 2.27. The molecule has 0 saturated carbocycles. The van der Waals surface area contributed by atoms with E-state index in [1.54, 1.807) is 12.1 Å². The van der Waals surface area contributed by atoms with Crippen LogP contribution in [-0.4, -0.2) is 13.1 Å². The van der Waals surface area contributed by atoms with Gasteiger partial charge in [-0.15, -0.1) is 0 Å². The van der Waals surface area contributed by atoms with Crippen molar-refractivity contribution in [2.45, 2.75) is 6.42 Å². The van der Waals surface area contributed by atoms with E-state index in [4.69, 9.17) is 11.6 Å². The molecule has 0 spiro atoms. The summed E-state index contributed by atoms with van der Waals surface area (Å²) in [6, 6.07) is 3.55. The lowest BCUT2D eigenvalue weighted by atomic mass is 10.00. The Morgan fingerprint density at radius 2 is 2.20 bits per heavy atom. The van der Waals surface area contributed by atoms with E-state index in [0.717, 1.165) is 25.1 Å². The number of benzene rings is 1. The average molecular weight is 291 g/mol. The van der Waals surface area contributed by atoms with Gasteiger partial charge in [0.25, 0.3) is 0 Å². The molecule has 0 amide bonds. The lowest BCUT2D eigenvalue weighted by Gasteiger charge is -2.15. The van der Waals surface area contributed by atoms with Gasteiger partial charge in [-0.05, 0) is 40.5 Å². The smallest absolute Gasteiger partial charge is 0.150 e. The number of halogens is 3. The van der Waals surface area contributed by atoms with E-state index in [2.05, 4.69) is 21.2 Å². The van der Waals surface area contributed by atoms with Crippen LogP contribution in [0.2, 0.25) is 5.02 Å². The quantitative estimate of drug-likeness (QED) is 0.779. The van der Waals surface area contributed by atoms with Gasteiger partial charge >= 0.3 is 0 Å². The molecule has 2 rings (SSSR count). The highest BCUT2D eigenvalue weighted by molar-refractivity contribution is 9.10. The maximum Gasteiger partial charge on any atom is 0.150 e. The Kier molecular flexibility index (Phi) is 3.44. The number of hydrogen-bond acceptors (Lipinski definition) is 1. The summed E-state index contributed by atoms with van der Waals surface area (Å²) in [6.07, 6.45) is 2.85. The lowest BCUT2D eigenvalue weighted by Crippen LogP contribution is -2.20. The zero-order chi connectivity index (χ0) is 10.8. The lowest BCUT2D eigenvalue weighted by molar-refractivity contribution is 0.620. The molecule has 0 aromatic heterocycles. The molecule has 1 N–H and O–H groups in total. The van der Waals surface area contributed by atoms with Crippen molar-refractivity contribution in [1.29, 1.82) is 0 Å². The molecular formula is C11H10BrClFN. The van der Waals surface area contributed by atoms with Gasteiger partial charge in [0.05, 0.1) is 5.02 Å². The van der Waals surface area contributed by atoms with E-state index < -0.39 is 0 Å². The second-order valence-electron chi connectivity index (χ2n) is 3.41. The minimum atomic E-state index is -0.334. The predicted molar refractivity (Wildman–Crippen MR) is 64.6 cm³/mol. The summed E-state index contributed by atoms with van der Waals surface area (Å²) in [5, 5.41) is 3.35. The fourth-order valence-electron chi connectivity index (χ4n) is 1.64. The van der Waals surface area contributed by atoms with Crippen molar-refractivity contribution >= 4 is 33.1 Å². The first kappa shape index (κ1) is 11.1. The topological polar surface area (TPSA) is 12.0 Å². The van der Waals surface area contributed by atoms with Crippen LogP contribution >= 0.6 is 27.5 Å². The van der Waals surface area contributed by atoms with Crippen molar-refractivity contribution in [3.63, 3.8) is 0 Å². The van der Waals surface area contributed by atoms with Crippen molar-refractivity contribution in [2.24, 2.45) is 0 Å². The Hall–Kier alpha value is -0.380. The van der Waals surface area contributed by atoms with Crippen LogP contribution in [0.25, 0.3) is 5.57 Å². The van der Waals surface area contributed by atoms with Gasteiger partial charge in [-0.2, -0.15) is 0 Å². The zero-order valence-corrected chi connectivity index (χ0v) is 10.3. The summed E-state index contributed by atoms with van der Waals surface area (Å²) < 4.78 is 14.4. The molecule has 0 unspecified atom stereocenters. The Balaban J connectivity index is 2.44. The molecule has 15 heavy (non-hydrogen) atoms.